The highest BCUT2D eigenvalue weighted by Crippen LogP contribution is 2.26. The monoisotopic (exact) mass is 257 g/mol. The fraction of sp³-hybridized carbons (Fsp3) is 0.500. The van der Waals surface area contributed by atoms with Crippen LogP contribution in [0, 0.1) is 5.82 Å². The van der Waals surface area contributed by atoms with Crippen LogP contribution in [0.15, 0.2) is 18.2 Å². The average Bonchev–Trinajstić information content (AvgIpc) is 2.28. The smallest absolute Gasteiger partial charge is 0.157 e. The zero-order valence-electron chi connectivity index (χ0n) is 9.49. The minimum atomic E-state index is -1.92. The second-order valence-corrected chi connectivity index (χ2v) is 5.31. The molecule has 5 heteroatoms. The first-order chi connectivity index (χ1) is 8.15. The molecular formula is C12H16FNO2S. The SMILES string of the molecule is O=S(O)Cc1cc(F)cc(C2CCNCC2)c1. The molecule has 0 saturated carbocycles. The van der Waals surface area contributed by atoms with Crippen molar-refractivity contribution in [2.75, 3.05) is 13.1 Å². The number of hydrogen-bond acceptors (Lipinski definition) is 2. The Balaban J connectivity index is 2.20. The molecule has 17 heavy (non-hydrogen) atoms. The van der Waals surface area contributed by atoms with Crippen molar-refractivity contribution in [3.8, 4) is 0 Å². The zero-order chi connectivity index (χ0) is 12.3. The lowest BCUT2D eigenvalue weighted by Crippen LogP contribution is -2.26. The van der Waals surface area contributed by atoms with Gasteiger partial charge in [0.05, 0.1) is 5.75 Å². The second-order valence-electron chi connectivity index (χ2n) is 4.38. The van der Waals surface area contributed by atoms with Crippen molar-refractivity contribution in [3.05, 3.63) is 35.1 Å². The minimum absolute atomic E-state index is 0.00424. The van der Waals surface area contributed by atoms with Crippen LogP contribution in [0.4, 0.5) is 4.39 Å². The molecular weight excluding hydrogens is 241 g/mol. The van der Waals surface area contributed by atoms with Crippen LogP contribution in [0.1, 0.15) is 29.9 Å². The van der Waals surface area contributed by atoms with E-state index in [1.807, 2.05) is 6.07 Å². The molecule has 0 aliphatic carbocycles. The first-order valence-corrected chi connectivity index (χ1v) is 7.00. The standard InChI is InChI=1S/C12H16FNO2S/c13-12-6-9(8-17(15)16)5-11(7-12)10-1-3-14-4-2-10/h5-7,10,14H,1-4,8H2,(H,15,16). The van der Waals surface area contributed by atoms with Crippen molar-refractivity contribution >= 4 is 11.1 Å². The third-order valence-corrected chi connectivity index (χ3v) is 3.66. The maximum Gasteiger partial charge on any atom is 0.157 e. The Morgan fingerprint density at radius 1 is 1.35 bits per heavy atom. The third kappa shape index (κ3) is 3.59. The van der Waals surface area contributed by atoms with Gasteiger partial charge in [-0.25, -0.2) is 8.60 Å². The summed E-state index contributed by atoms with van der Waals surface area (Å²) in [6.07, 6.45) is 1.98. The molecule has 0 aromatic heterocycles. The molecule has 1 aromatic rings. The van der Waals surface area contributed by atoms with Gasteiger partial charge in [-0.2, -0.15) is 0 Å². The zero-order valence-corrected chi connectivity index (χ0v) is 10.3. The maximum absolute atomic E-state index is 13.4. The van der Waals surface area contributed by atoms with Gasteiger partial charge in [0.2, 0.25) is 0 Å². The average molecular weight is 257 g/mol. The van der Waals surface area contributed by atoms with E-state index in [-0.39, 0.29) is 11.6 Å². The number of hydrogen-bond donors (Lipinski definition) is 2. The molecule has 1 aliphatic heterocycles. The number of rotatable bonds is 3. The quantitative estimate of drug-likeness (QED) is 0.814. The summed E-state index contributed by atoms with van der Waals surface area (Å²) in [6.45, 7) is 1.89. The molecule has 1 saturated heterocycles. The summed E-state index contributed by atoms with van der Waals surface area (Å²) in [7, 11) is 0. The second kappa shape index (κ2) is 5.71. The van der Waals surface area contributed by atoms with E-state index in [2.05, 4.69) is 5.32 Å². The van der Waals surface area contributed by atoms with E-state index in [0.29, 0.717) is 11.5 Å². The largest absolute Gasteiger partial charge is 0.317 e. The molecule has 1 fully saturated rings. The van der Waals surface area contributed by atoms with Gasteiger partial charge in [-0.15, -0.1) is 0 Å². The summed E-state index contributed by atoms with van der Waals surface area (Å²) in [5.74, 6) is 0.0368. The van der Waals surface area contributed by atoms with Crippen molar-refractivity contribution in [2.24, 2.45) is 0 Å². The number of nitrogens with one attached hydrogen (secondary N) is 1. The molecule has 0 spiro atoms. The summed E-state index contributed by atoms with van der Waals surface area (Å²) in [4.78, 5) is 0. The lowest BCUT2D eigenvalue weighted by atomic mass is 9.89. The Hall–Kier alpha value is -0.780. The third-order valence-electron chi connectivity index (χ3n) is 3.08. The Morgan fingerprint density at radius 2 is 2.06 bits per heavy atom. The summed E-state index contributed by atoms with van der Waals surface area (Å²) in [5, 5.41) is 3.26. The van der Waals surface area contributed by atoms with Crippen LogP contribution in [-0.4, -0.2) is 21.9 Å². The molecule has 2 rings (SSSR count). The van der Waals surface area contributed by atoms with Crippen LogP contribution in [0.5, 0.6) is 0 Å². The van der Waals surface area contributed by atoms with E-state index in [4.69, 9.17) is 4.55 Å². The first kappa shape index (κ1) is 12.7. The highest BCUT2D eigenvalue weighted by atomic mass is 32.2. The predicted octanol–water partition coefficient (Wildman–Crippen LogP) is 2.01. The lowest BCUT2D eigenvalue weighted by molar-refractivity contribution is 0.458. The lowest BCUT2D eigenvalue weighted by Gasteiger charge is -2.23. The van der Waals surface area contributed by atoms with Gasteiger partial charge in [-0.3, -0.25) is 0 Å². The molecule has 1 aliphatic rings. The fourth-order valence-corrected chi connectivity index (χ4v) is 2.74. The van der Waals surface area contributed by atoms with E-state index >= 15 is 0 Å². The molecule has 0 radical (unpaired) electrons. The maximum atomic E-state index is 13.4. The van der Waals surface area contributed by atoms with Crippen molar-refractivity contribution in [3.63, 3.8) is 0 Å². The normalized spacial score (nSPS) is 19.2. The molecule has 2 N–H and O–H groups in total. The summed E-state index contributed by atoms with van der Waals surface area (Å²) in [5.41, 5.74) is 1.55. The van der Waals surface area contributed by atoms with Crippen molar-refractivity contribution < 1.29 is 13.2 Å². The number of benzene rings is 1. The van der Waals surface area contributed by atoms with Crippen LogP contribution >= 0.6 is 0 Å². The topological polar surface area (TPSA) is 49.3 Å². The molecule has 0 bridgehead atoms. The Labute approximate surface area is 103 Å². The first-order valence-electron chi connectivity index (χ1n) is 5.72. The van der Waals surface area contributed by atoms with Crippen molar-refractivity contribution in [2.45, 2.75) is 24.5 Å². The van der Waals surface area contributed by atoms with Gasteiger partial charge >= 0.3 is 0 Å². The van der Waals surface area contributed by atoms with E-state index < -0.39 is 11.1 Å². The van der Waals surface area contributed by atoms with Gasteiger partial charge in [-0.05, 0) is 55.1 Å². The van der Waals surface area contributed by atoms with Gasteiger partial charge in [-0.1, -0.05) is 6.07 Å². The molecule has 3 nitrogen and oxygen atoms in total. The molecule has 1 atom stereocenters. The van der Waals surface area contributed by atoms with Crippen molar-refractivity contribution in [1.82, 2.24) is 5.32 Å². The molecule has 1 aromatic carbocycles. The summed E-state index contributed by atoms with van der Waals surface area (Å²) >= 11 is -1.92. The molecule has 0 amide bonds. The van der Waals surface area contributed by atoms with Crippen LogP contribution < -0.4 is 5.32 Å². The molecule has 1 heterocycles. The van der Waals surface area contributed by atoms with E-state index in [1.54, 1.807) is 6.07 Å². The van der Waals surface area contributed by atoms with Gasteiger partial charge in [0.25, 0.3) is 0 Å². The van der Waals surface area contributed by atoms with Gasteiger partial charge < -0.3 is 9.87 Å². The Kier molecular flexibility index (Phi) is 4.25. The van der Waals surface area contributed by atoms with Gasteiger partial charge in [0.15, 0.2) is 11.1 Å². The highest BCUT2D eigenvalue weighted by molar-refractivity contribution is 7.78. The predicted molar refractivity (Wildman–Crippen MR) is 65.7 cm³/mol. The fourth-order valence-electron chi connectivity index (χ4n) is 2.29. The Bertz CT molecular complexity index is 419. The Morgan fingerprint density at radius 3 is 2.71 bits per heavy atom. The van der Waals surface area contributed by atoms with Crippen LogP contribution in [0.25, 0.3) is 0 Å². The molecule has 1 unspecified atom stereocenters. The summed E-state index contributed by atoms with van der Waals surface area (Å²) in [6, 6.07) is 4.73. The minimum Gasteiger partial charge on any atom is -0.317 e. The van der Waals surface area contributed by atoms with Crippen molar-refractivity contribution in [1.29, 1.82) is 0 Å². The van der Waals surface area contributed by atoms with Crippen LogP contribution in [-0.2, 0) is 16.8 Å². The summed E-state index contributed by atoms with van der Waals surface area (Å²) < 4.78 is 33.0. The van der Waals surface area contributed by atoms with E-state index in [1.165, 1.54) is 6.07 Å². The molecule has 94 valence electrons. The van der Waals surface area contributed by atoms with Crippen LogP contribution in [0.3, 0.4) is 0 Å². The van der Waals surface area contributed by atoms with Gasteiger partial charge in [0.1, 0.15) is 5.82 Å². The number of halogens is 1. The van der Waals surface area contributed by atoms with E-state index in [0.717, 1.165) is 31.5 Å². The van der Waals surface area contributed by atoms with Crippen LogP contribution in [0.2, 0.25) is 0 Å². The van der Waals surface area contributed by atoms with Gasteiger partial charge in [0, 0.05) is 0 Å². The number of piperidine rings is 1. The highest BCUT2D eigenvalue weighted by Gasteiger charge is 2.16. The van der Waals surface area contributed by atoms with E-state index in [9.17, 15) is 8.60 Å².